The molecule has 0 aliphatic carbocycles. The average molecular weight is 318 g/mol. The molecule has 2 aliphatic rings. The fourth-order valence-electron chi connectivity index (χ4n) is 3.21. The van der Waals surface area contributed by atoms with Crippen LogP contribution in [0.2, 0.25) is 0 Å². The van der Waals surface area contributed by atoms with E-state index in [1.54, 1.807) is 0 Å². The molecule has 2 aliphatic heterocycles. The van der Waals surface area contributed by atoms with Gasteiger partial charge in [-0.05, 0) is 18.8 Å². The van der Waals surface area contributed by atoms with Gasteiger partial charge >= 0.3 is 0 Å². The van der Waals surface area contributed by atoms with Crippen molar-refractivity contribution >= 4 is 15.9 Å². The molecule has 7 heteroatoms. The van der Waals surface area contributed by atoms with Gasteiger partial charge in [0.1, 0.15) is 0 Å². The van der Waals surface area contributed by atoms with Crippen LogP contribution < -0.4 is 0 Å². The van der Waals surface area contributed by atoms with Crippen molar-refractivity contribution in [3.05, 3.63) is 0 Å². The van der Waals surface area contributed by atoms with Crippen molar-refractivity contribution < 1.29 is 17.9 Å². The SMILES string of the molecule is CC(C)[C@H]1OCC[C@@H]1C(=O)N1CCCN(S(C)(=O)=O)CC1. The van der Waals surface area contributed by atoms with Gasteiger partial charge in [0.25, 0.3) is 0 Å². The molecule has 0 unspecified atom stereocenters. The van der Waals surface area contributed by atoms with Gasteiger partial charge in [0.15, 0.2) is 0 Å². The maximum Gasteiger partial charge on any atom is 0.228 e. The van der Waals surface area contributed by atoms with Crippen LogP contribution in [0, 0.1) is 11.8 Å². The molecule has 2 atom stereocenters. The molecular weight excluding hydrogens is 292 g/mol. The Balaban J connectivity index is 2.00. The lowest BCUT2D eigenvalue weighted by atomic mass is 9.92. The molecule has 0 bridgehead atoms. The predicted molar refractivity (Wildman–Crippen MR) is 80.3 cm³/mol. The summed E-state index contributed by atoms with van der Waals surface area (Å²) in [7, 11) is -3.17. The Kier molecular flexibility index (Phi) is 5.27. The van der Waals surface area contributed by atoms with E-state index in [1.165, 1.54) is 10.6 Å². The zero-order valence-corrected chi connectivity index (χ0v) is 13.9. The van der Waals surface area contributed by atoms with Gasteiger partial charge in [0.05, 0.1) is 18.3 Å². The van der Waals surface area contributed by atoms with Crippen LogP contribution in [0.4, 0.5) is 0 Å². The molecule has 0 aromatic heterocycles. The number of hydrogen-bond acceptors (Lipinski definition) is 4. The van der Waals surface area contributed by atoms with E-state index in [0.717, 1.165) is 6.42 Å². The first kappa shape index (κ1) is 16.7. The average Bonchev–Trinajstić information content (AvgIpc) is 2.73. The fourth-order valence-corrected chi connectivity index (χ4v) is 4.09. The normalized spacial score (nSPS) is 28.9. The number of amides is 1. The molecule has 21 heavy (non-hydrogen) atoms. The maximum absolute atomic E-state index is 12.7. The number of rotatable bonds is 3. The smallest absolute Gasteiger partial charge is 0.228 e. The minimum Gasteiger partial charge on any atom is -0.377 e. The maximum atomic E-state index is 12.7. The first-order chi connectivity index (χ1) is 9.80. The topological polar surface area (TPSA) is 66.9 Å². The summed E-state index contributed by atoms with van der Waals surface area (Å²) in [5.41, 5.74) is 0. The molecule has 0 aromatic carbocycles. The Morgan fingerprint density at radius 2 is 1.90 bits per heavy atom. The zero-order valence-electron chi connectivity index (χ0n) is 13.1. The van der Waals surface area contributed by atoms with Crippen LogP contribution in [0.25, 0.3) is 0 Å². The molecule has 1 amide bonds. The van der Waals surface area contributed by atoms with Crippen LogP contribution in [0.3, 0.4) is 0 Å². The van der Waals surface area contributed by atoms with Crippen molar-refractivity contribution in [2.45, 2.75) is 32.8 Å². The van der Waals surface area contributed by atoms with Gasteiger partial charge in [-0.1, -0.05) is 13.8 Å². The Bertz CT molecular complexity index is 477. The van der Waals surface area contributed by atoms with Crippen LogP contribution in [-0.2, 0) is 19.6 Å². The molecular formula is C14H26N2O4S. The monoisotopic (exact) mass is 318 g/mol. The van der Waals surface area contributed by atoms with E-state index in [9.17, 15) is 13.2 Å². The van der Waals surface area contributed by atoms with Crippen molar-refractivity contribution in [2.24, 2.45) is 11.8 Å². The van der Waals surface area contributed by atoms with Gasteiger partial charge in [0, 0.05) is 32.8 Å². The standard InChI is InChI=1S/C14H26N2O4S/c1-11(2)13-12(5-10-20-13)14(17)15-6-4-7-16(9-8-15)21(3,18)19/h11-13H,4-10H2,1-3H3/t12-,13+/m0/s1. The Morgan fingerprint density at radius 3 is 2.52 bits per heavy atom. The van der Waals surface area contributed by atoms with E-state index >= 15 is 0 Å². The van der Waals surface area contributed by atoms with E-state index in [1.807, 2.05) is 4.90 Å². The zero-order chi connectivity index (χ0) is 15.6. The highest BCUT2D eigenvalue weighted by Crippen LogP contribution is 2.28. The summed E-state index contributed by atoms with van der Waals surface area (Å²) in [6, 6.07) is 0. The van der Waals surface area contributed by atoms with Gasteiger partial charge < -0.3 is 9.64 Å². The lowest BCUT2D eigenvalue weighted by Gasteiger charge is -2.28. The van der Waals surface area contributed by atoms with Crippen molar-refractivity contribution in [3.8, 4) is 0 Å². The number of nitrogens with zero attached hydrogens (tertiary/aromatic N) is 2. The summed E-state index contributed by atoms with van der Waals surface area (Å²) in [5.74, 6) is 0.372. The molecule has 6 nitrogen and oxygen atoms in total. The molecule has 0 radical (unpaired) electrons. The number of ether oxygens (including phenoxy) is 1. The van der Waals surface area contributed by atoms with Crippen LogP contribution in [0.1, 0.15) is 26.7 Å². The largest absolute Gasteiger partial charge is 0.377 e. The fraction of sp³-hybridized carbons (Fsp3) is 0.929. The minimum atomic E-state index is -3.17. The Hall–Kier alpha value is -0.660. The van der Waals surface area contributed by atoms with Gasteiger partial charge in [-0.25, -0.2) is 12.7 Å². The van der Waals surface area contributed by atoms with Crippen LogP contribution in [0.5, 0.6) is 0 Å². The molecule has 0 N–H and O–H groups in total. The lowest BCUT2D eigenvalue weighted by molar-refractivity contribution is -0.138. The highest BCUT2D eigenvalue weighted by Gasteiger charge is 2.38. The summed E-state index contributed by atoms with van der Waals surface area (Å²) >= 11 is 0. The lowest BCUT2D eigenvalue weighted by Crippen LogP contribution is -2.43. The second-order valence-electron chi connectivity index (χ2n) is 6.32. The molecule has 2 saturated heterocycles. The van der Waals surface area contributed by atoms with Crippen LogP contribution in [-0.4, -0.2) is 68.7 Å². The first-order valence-electron chi connectivity index (χ1n) is 7.66. The van der Waals surface area contributed by atoms with Crippen molar-refractivity contribution in [1.29, 1.82) is 0 Å². The first-order valence-corrected chi connectivity index (χ1v) is 9.51. The number of sulfonamides is 1. The second kappa shape index (κ2) is 6.62. The van der Waals surface area contributed by atoms with Crippen LogP contribution >= 0.6 is 0 Å². The summed E-state index contributed by atoms with van der Waals surface area (Å²) in [6.45, 7) is 6.79. The number of hydrogen-bond donors (Lipinski definition) is 0. The molecule has 0 saturated carbocycles. The Morgan fingerprint density at radius 1 is 1.19 bits per heavy atom. The molecule has 2 heterocycles. The summed E-state index contributed by atoms with van der Waals surface area (Å²) < 4.78 is 30.4. The number of carbonyl (C=O) groups excluding carboxylic acids is 1. The third-order valence-electron chi connectivity index (χ3n) is 4.35. The highest BCUT2D eigenvalue weighted by molar-refractivity contribution is 7.88. The van der Waals surface area contributed by atoms with E-state index < -0.39 is 10.0 Å². The molecule has 122 valence electrons. The summed E-state index contributed by atoms with van der Waals surface area (Å²) in [4.78, 5) is 14.5. The third kappa shape index (κ3) is 3.96. The quantitative estimate of drug-likeness (QED) is 0.762. The van der Waals surface area contributed by atoms with Crippen LogP contribution in [0.15, 0.2) is 0 Å². The van der Waals surface area contributed by atoms with Crippen molar-refractivity contribution in [3.63, 3.8) is 0 Å². The Labute approximate surface area is 127 Å². The van der Waals surface area contributed by atoms with E-state index in [-0.39, 0.29) is 17.9 Å². The second-order valence-corrected chi connectivity index (χ2v) is 8.30. The predicted octanol–water partition coefficient (Wildman–Crippen LogP) is 0.541. The molecule has 2 rings (SSSR count). The van der Waals surface area contributed by atoms with E-state index in [0.29, 0.717) is 45.1 Å². The van der Waals surface area contributed by atoms with E-state index in [4.69, 9.17) is 4.74 Å². The summed E-state index contributed by atoms with van der Waals surface area (Å²) in [5, 5.41) is 0. The molecule has 0 spiro atoms. The van der Waals surface area contributed by atoms with Gasteiger partial charge in [-0.2, -0.15) is 0 Å². The van der Waals surface area contributed by atoms with E-state index in [2.05, 4.69) is 13.8 Å². The van der Waals surface area contributed by atoms with Crippen molar-refractivity contribution in [2.75, 3.05) is 39.0 Å². The van der Waals surface area contributed by atoms with Gasteiger partial charge in [-0.15, -0.1) is 0 Å². The molecule has 2 fully saturated rings. The minimum absolute atomic E-state index is 0.00763. The van der Waals surface area contributed by atoms with Gasteiger partial charge in [0.2, 0.25) is 15.9 Å². The number of carbonyl (C=O) groups is 1. The summed E-state index contributed by atoms with van der Waals surface area (Å²) in [6.07, 6.45) is 2.68. The molecule has 0 aromatic rings. The van der Waals surface area contributed by atoms with Crippen molar-refractivity contribution in [1.82, 2.24) is 9.21 Å². The van der Waals surface area contributed by atoms with Gasteiger partial charge in [-0.3, -0.25) is 4.79 Å². The highest BCUT2D eigenvalue weighted by atomic mass is 32.2. The third-order valence-corrected chi connectivity index (χ3v) is 5.65.